The van der Waals surface area contributed by atoms with E-state index in [4.69, 9.17) is 5.84 Å². The van der Waals surface area contributed by atoms with Gasteiger partial charge in [-0.2, -0.15) is 0 Å². The molecule has 4 heteroatoms. The molecule has 0 aliphatic carbocycles. The highest BCUT2D eigenvalue weighted by Gasteiger charge is 2.07. The second-order valence-corrected chi connectivity index (χ2v) is 6.10. The lowest BCUT2D eigenvalue weighted by atomic mass is 10.1. The van der Waals surface area contributed by atoms with Gasteiger partial charge in [0.2, 0.25) is 0 Å². The average molecular weight is 304 g/mol. The Morgan fingerprint density at radius 3 is 2.62 bits per heavy atom. The molecule has 2 aromatic carbocycles. The molecule has 0 spiro atoms. The molecule has 0 amide bonds. The van der Waals surface area contributed by atoms with Crippen LogP contribution in [0.5, 0.6) is 0 Å². The number of nitrogens with one attached hydrogen (secondary N) is 1. The SMILES string of the molecule is NNC(CCCc1ccccc1)CSc1cccc(F)c1. The Balaban J connectivity index is 1.73. The molecule has 0 aliphatic rings. The van der Waals surface area contributed by atoms with E-state index in [-0.39, 0.29) is 11.9 Å². The van der Waals surface area contributed by atoms with Gasteiger partial charge in [-0.05, 0) is 43.0 Å². The summed E-state index contributed by atoms with van der Waals surface area (Å²) in [6.07, 6.45) is 3.15. The fraction of sp³-hybridized carbons (Fsp3) is 0.294. The van der Waals surface area contributed by atoms with Crippen molar-refractivity contribution in [1.82, 2.24) is 5.43 Å². The predicted octanol–water partition coefficient (Wildman–Crippen LogP) is 3.77. The van der Waals surface area contributed by atoms with Crippen molar-refractivity contribution in [3.05, 3.63) is 66.0 Å². The molecule has 2 nitrogen and oxygen atoms in total. The van der Waals surface area contributed by atoms with E-state index >= 15 is 0 Å². The van der Waals surface area contributed by atoms with Gasteiger partial charge >= 0.3 is 0 Å². The van der Waals surface area contributed by atoms with E-state index < -0.39 is 0 Å². The molecule has 0 fully saturated rings. The van der Waals surface area contributed by atoms with E-state index in [1.807, 2.05) is 12.1 Å². The minimum Gasteiger partial charge on any atom is -0.271 e. The van der Waals surface area contributed by atoms with Crippen LogP contribution >= 0.6 is 11.8 Å². The molecule has 21 heavy (non-hydrogen) atoms. The van der Waals surface area contributed by atoms with Crippen LogP contribution in [0.2, 0.25) is 0 Å². The summed E-state index contributed by atoms with van der Waals surface area (Å²) in [7, 11) is 0. The van der Waals surface area contributed by atoms with Crippen LogP contribution in [0.15, 0.2) is 59.5 Å². The van der Waals surface area contributed by atoms with Gasteiger partial charge in [-0.1, -0.05) is 36.4 Å². The molecule has 0 bridgehead atoms. The van der Waals surface area contributed by atoms with E-state index in [1.165, 1.54) is 11.6 Å². The first-order chi connectivity index (χ1) is 10.3. The second-order valence-electron chi connectivity index (χ2n) is 5.01. The van der Waals surface area contributed by atoms with Crippen molar-refractivity contribution in [2.24, 2.45) is 5.84 Å². The van der Waals surface area contributed by atoms with Gasteiger partial charge in [0.1, 0.15) is 5.82 Å². The Kier molecular flexibility index (Phi) is 6.73. The van der Waals surface area contributed by atoms with Crippen molar-refractivity contribution in [1.29, 1.82) is 0 Å². The lowest BCUT2D eigenvalue weighted by Crippen LogP contribution is -2.37. The standard InChI is InChI=1S/C17H21FN2S/c18-15-9-5-11-17(12-15)21-13-16(20-19)10-4-8-14-6-2-1-3-7-14/h1-3,5-7,9,11-12,16,20H,4,8,10,13,19H2. The number of rotatable bonds is 8. The van der Waals surface area contributed by atoms with Crippen molar-refractivity contribution >= 4 is 11.8 Å². The molecule has 112 valence electrons. The number of nitrogens with two attached hydrogens (primary N) is 1. The average Bonchev–Trinajstić information content (AvgIpc) is 2.52. The quantitative estimate of drug-likeness (QED) is 0.443. The van der Waals surface area contributed by atoms with E-state index in [0.717, 1.165) is 29.9 Å². The molecule has 0 saturated heterocycles. The van der Waals surface area contributed by atoms with Gasteiger partial charge in [-0.25, -0.2) is 4.39 Å². The van der Waals surface area contributed by atoms with Crippen molar-refractivity contribution in [2.45, 2.75) is 30.2 Å². The van der Waals surface area contributed by atoms with Crippen molar-refractivity contribution in [3.63, 3.8) is 0 Å². The monoisotopic (exact) mass is 304 g/mol. The van der Waals surface area contributed by atoms with Gasteiger partial charge in [0, 0.05) is 16.7 Å². The van der Waals surface area contributed by atoms with Gasteiger partial charge in [0.15, 0.2) is 0 Å². The molecule has 0 aliphatic heterocycles. The lowest BCUT2D eigenvalue weighted by Gasteiger charge is -2.15. The van der Waals surface area contributed by atoms with Gasteiger partial charge in [-0.3, -0.25) is 11.3 Å². The summed E-state index contributed by atoms with van der Waals surface area (Å²) in [5.74, 6) is 6.26. The molecule has 2 rings (SSSR count). The summed E-state index contributed by atoms with van der Waals surface area (Å²) in [5, 5.41) is 0. The summed E-state index contributed by atoms with van der Waals surface area (Å²) < 4.78 is 13.1. The Labute approximate surface area is 129 Å². The summed E-state index contributed by atoms with van der Waals surface area (Å²) >= 11 is 1.63. The molecule has 1 unspecified atom stereocenters. The number of hydrogen-bond donors (Lipinski definition) is 2. The lowest BCUT2D eigenvalue weighted by molar-refractivity contribution is 0.520. The van der Waals surface area contributed by atoms with Crippen LogP contribution in [0.3, 0.4) is 0 Å². The second kappa shape index (κ2) is 8.82. The largest absolute Gasteiger partial charge is 0.271 e. The summed E-state index contributed by atoms with van der Waals surface area (Å²) in [6, 6.07) is 17.4. The molecule has 2 aromatic rings. The summed E-state index contributed by atoms with van der Waals surface area (Å²) in [5.41, 5.74) is 4.21. The molecular formula is C17H21FN2S. The number of thioether (sulfide) groups is 1. The van der Waals surface area contributed by atoms with Crippen molar-refractivity contribution < 1.29 is 4.39 Å². The molecular weight excluding hydrogens is 283 g/mol. The van der Waals surface area contributed by atoms with Crippen LogP contribution in [-0.2, 0) is 6.42 Å². The predicted molar refractivity (Wildman–Crippen MR) is 87.6 cm³/mol. The zero-order valence-corrected chi connectivity index (χ0v) is 12.8. The number of hydrazine groups is 1. The smallest absolute Gasteiger partial charge is 0.124 e. The van der Waals surface area contributed by atoms with Crippen LogP contribution in [-0.4, -0.2) is 11.8 Å². The Morgan fingerprint density at radius 1 is 1.10 bits per heavy atom. The van der Waals surface area contributed by atoms with Crippen LogP contribution in [0.25, 0.3) is 0 Å². The van der Waals surface area contributed by atoms with Gasteiger partial charge in [-0.15, -0.1) is 11.8 Å². The molecule has 3 N–H and O–H groups in total. The van der Waals surface area contributed by atoms with E-state index in [9.17, 15) is 4.39 Å². The fourth-order valence-corrected chi connectivity index (χ4v) is 3.19. The highest BCUT2D eigenvalue weighted by Crippen LogP contribution is 2.20. The van der Waals surface area contributed by atoms with Crippen LogP contribution < -0.4 is 11.3 Å². The third-order valence-electron chi connectivity index (χ3n) is 3.34. The van der Waals surface area contributed by atoms with Crippen LogP contribution in [0, 0.1) is 5.82 Å². The molecule has 0 aromatic heterocycles. The molecule has 0 heterocycles. The Hall–Kier alpha value is -1.36. The minimum atomic E-state index is -0.193. The first kappa shape index (κ1) is 16.0. The van der Waals surface area contributed by atoms with E-state index in [0.29, 0.717) is 0 Å². The molecule has 0 radical (unpaired) electrons. The van der Waals surface area contributed by atoms with Crippen LogP contribution in [0.4, 0.5) is 4.39 Å². The van der Waals surface area contributed by atoms with Gasteiger partial charge in [0.05, 0.1) is 0 Å². The molecule has 1 atom stereocenters. The zero-order valence-electron chi connectivity index (χ0n) is 12.0. The van der Waals surface area contributed by atoms with E-state index in [1.54, 1.807) is 23.9 Å². The maximum absolute atomic E-state index is 13.1. The van der Waals surface area contributed by atoms with E-state index in [2.05, 4.69) is 29.7 Å². The number of aryl methyl sites for hydroxylation is 1. The Morgan fingerprint density at radius 2 is 1.90 bits per heavy atom. The van der Waals surface area contributed by atoms with Gasteiger partial charge in [0.25, 0.3) is 0 Å². The Bertz CT molecular complexity index is 533. The topological polar surface area (TPSA) is 38.0 Å². The highest BCUT2D eigenvalue weighted by molar-refractivity contribution is 7.99. The van der Waals surface area contributed by atoms with Crippen molar-refractivity contribution in [2.75, 3.05) is 5.75 Å². The first-order valence-electron chi connectivity index (χ1n) is 7.16. The first-order valence-corrected chi connectivity index (χ1v) is 8.15. The minimum absolute atomic E-state index is 0.193. The number of hydrogen-bond acceptors (Lipinski definition) is 3. The summed E-state index contributed by atoms with van der Waals surface area (Å²) in [4.78, 5) is 0.943. The third-order valence-corrected chi connectivity index (χ3v) is 4.50. The third kappa shape index (κ3) is 5.87. The van der Waals surface area contributed by atoms with Crippen molar-refractivity contribution in [3.8, 4) is 0 Å². The number of halogens is 1. The normalized spacial score (nSPS) is 12.3. The highest BCUT2D eigenvalue weighted by atomic mass is 32.2. The van der Waals surface area contributed by atoms with Gasteiger partial charge < -0.3 is 0 Å². The number of benzene rings is 2. The zero-order chi connectivity index (χ0) is 14.9. The summed E-state index contributed by atoms with van der Waals surface area (Å²) in [6.45, 7) is 0. The van der Waals surface area contributed by atoms with Crippen LogP contribution in [0.1, 0.15) is 18.4 Å². The maximum atomic E-state index is 13.1. The fourth-order valence-electron chi connectivity index (χ4n) is 2.17. The molecule has 0 saturated carbocycles. The maximum Gasteiger partial charge on any atom is 0.124 e.